The number of morpholine rings is 1. The molecule has 0 unspecified atom stereocenters. The van der Waals surface area contributed by atoms with E-state index in [4.69, 9.17) is 30.5 Å². The molecule has 7 heteroatoms. The summed E-state index contributed by atoms with van der Waals surface area (Å²) in [6.07, 6.45) is 1.49. The second-order valence-electron chi connectivity index (χ2n) is 6.07. The molecule has 1 saturated heterocycles. The van der Waals surface area contributed by atoms with Crippen LogP contribution in [0.3, 0.4) is 0 Å². The number of benzene rings is 2. The van der Waals surface area contributed by atoms with Crippen LogP contribution in [0.15, 0.2) is 48.5 Å². The molecule has 28 heavy (non-hydrogen) atoms. The average molecular weight is 404 g/mol. The van der Waals surface area contributed by atoms with Gasteiger partial charge < -0.3 is 23.8 Å². The van der Waals surface area contributed by atoms with Crippen molar-refractivity contribution in [3.63, 3.8) is 0 Å². The van der Waals surface area contributed by atoms with Crippen LogP contribution in [0, 0.1) is 0 Å². The summed E-state index contributed by atoms with van der Waals surface area (Å²) in [6, 6.07) is 12.3. The van der Waals surface area contributed by atoms with Gasteiger partial charge in [-0.15, -0.1) is 0 Å². The van der Waals surface area contributed by atoms with Gasteiger partial charge in [0.15, 0.2) is 11.5 Å². The first-order valence-electron chi connectivity index (χ1n) is 8.85. The lowest BCUT2D eigenvalue weighted by Gasteiger charge is -2.26. The lowest BCUT2D eigenvalue weighted by Crippen LogP contribution is -2.40. The molecule has 1 fully saturated rings. The minimum Gasteiger partial charge on any atom is -0.493 e. The van der Waals surface area contributed by atoms with Gasteiger partial charge in [-0.25, -0.2) is 0 Å². The highest BCUT2D eigenvalue weighted by molar-refractivity contribution is 6.30. The van der Waals surface area contributed by atoms with Gasteiger partial charge in [-0.3, -0.25) is 4.79 Å². The Hall–Kier alpha value is -2.70. The fraction of sp³-hybridized carbons (Fsp3) is 0.286. The molecule has 0 saturated carbocycles. The molecule has 1 aliphatic heterocycles. The molecular weight excluding hydrogens is 382 g/mol. The van der Waals surface area contributed by atoms with Gasteiger partial charge in [-0.2, -0.15) is 0 Å². The molecule has 3 rings (SSSR count). The second-order valence-corrected chi connectivity index (χ2v) is 6.51. The maximum Gasteiger partial charge on any atom is 0.250 e. The predicted molar refractivity (Wildman–Crippen MR) is 107 cm³/mol. The number of hydrogen-bond donors (Lipinski definition) is 0. The largest absolute Gasteiger partial charge is 0.493 e. The van der Waals surface area contributed by atoms with E-state index in [0.717, 1.165) is 5.56 Å². The summed E-state index contributed by atoms with van der Waals surface area (Å²) in [4.78, 5) is 14.4. The van der Waals surface area contributed by atoms with E-state index in [0.29, 0.717) is 54.3 Å². The fourth-order valence-corrected chi connectivity index (χ4v) is 2.91. The number of amides is 1. The quantitative estimate of drug-likeness (QED) is 0.544. The molecule has 148 valence electrons. The molecule has 0 bridgehead atoms. The Labute approximate surface area is 169 Å². The Morgan fingerprint density at radius 1 is 1.04 bits per heavy atom. The Morgan fingerprint density at radius 2 is 1.71 bits per heavy atom. The van der Waals surface area contributed by atoms with Crippen molar-refractivity contribution in [1.82, 2.24) is 4.90 Å². The SMILES string of the molecule is COc1ccc(O/C(=C/C(=O)N2CCOCC2)c2ccc(Cl)cc2)cc1OC. The molecule has 1 heterocycles. The van der Waals surface area contributed by atoms with Gasteiger partial charge in [0, 0.05) is 35.8 Å². The van der Waals surface area contributed by atoms with E-state index in [9.17, 15) is 4.79 Å². The van der Waals surface area contributed by atoms with Gasteiger partial charge in [-0.05, 0) is 36.4 Å². The first kappa shape index (κ1) is 20.0. The molecular formula is C21H22ClNO5. The van der Waals surface area contributed by atoms with Gasteiger partial charge in [0.25, 0.3) is 0 Å². The van der Waals surface area contributed by atoms with Crippen LogP contribution in [0.5, 0.6) is 17.2 Å². The highest BCUT2D eigenvalue weighted by Crippen LogP contribution is 2.33. The smallest absolute Gasteiger partial charge is 0.250 e. The Morgan fingerprint density at radius 3 is 2.36 bits per heavy atom. The topological polar surface area (TPSA) is 57.2 Å². The van der Waals surface area contributed by atoms with Crippen LogP contribution >= 0.6 is 11.6 Å². The van der Waals surface area contributed by atoms with Crippen LogP contribution in [0.4, 0.5) is 0 Å². The number of rotatable bonds is 6. The van der Waals surface area contributed by atoms with Crippen molar-refractivity contribution in [3.8, 4) is 17.2 Å². The van der Waals surface area contributed by atoms with Crippen molar-refractivity contribution in [2.24, 2.45) is 0 Å². The molecule has 0 N–H and O–H groups in total. The molecule has 0 atom stereocenters. The summed E-state index contributed by atoms with van der Waals surface area (Å²) in [6.45, 7) is 2.18. The number of carbonyl (C=O) groups is 1. The number of halogens is 1. The maximum absolute atomic E-state index is 12.7. The van der Waals surface area contributed by atoms with Gasteiger partial charge in [0.1, 0.15) is 11.5 Å². The van der Waals surface area contributed by atoms with Gasteiger partial charge in [0.05, 0.1) is 27.4 Å². The number of nitrogens with zero attached hydrogens (tertiary/aromatic N) is 1. The van der Waals surface area contributed by atoms with E-state index in [1.54, 1.807) is 49.5 Å². The highest BCUT2D eigenvalue weighted by Gasteiger charge is 2.17. The van der Waals surface area contributed by atoms with Crippen LogP contribution in [0.25, 0.3) is 5.76 Å². The van der Waals surface area contributed by atoms with Crippen LogP contribution < -0.4 is 14.2 Å². The molecule has 1 amide bonds. The zero-order valence-corrected chi connectivity index (χ0v) is 16.6. The van der Waals surface area contributed by atoms with Crippen molar-refractivity contribution in [2.45, 2.75) is 0 Å². The lowest BCUT2D eigenvalue weighted by atomic mass is 10.1. The van der Waals surface area contributed by atoms with Crippen LogP contribution in [-0.2, 0) is 9.53 Å². The monoisotopic (exact) mass is 403 g/mol. The summed E-state index contributed by atoms with van der Waals surface area (Å²) >= 11 is 6.00. The third-order valence-electron chi connectivity index (χ3n) is 4.29. The van der Waals surface area contributed by atoms with E-state index in [1.165, 1.54) is 6.08 Å². The third-order valence-corrected chi connectivity index (χ3v) is 4.54. The molecule has 0 aliphatic carbocycles. The predicted octanol–water partition coefficient (Wildman–Crippen LogP) is 3.64. The Bertz CT molecular complexity index is 844. The number of methoxy groups -OCH3 is 2. The molecule has 2 aromatic rings. The summed E-state index contributed by atoms with van der Waals surface area (Å²) < 4.78 is 21.9. The Balaban J connectivity index is 1.91. The fourth-order valence-electron chi connectivity index (χ4n) is 2.78. The van der Waals surface area contributed by atoms with E-state index < -0.39 is 0 Å². The van der Waals surface area contributed by atoms with Gasteiger partial charge in [0.2, 0.25) is 5.91 Å². The number of ether oxygens (including phenoxy) is 4. The van der Waals surface area contributed by atoms with Crippen LogP contribution in [-0.4, -0.2) is 51.3 Å². The third kappa shape index (κ3) is 4.97. The first-order chi connectivity index (χ1) is 13.6. The molecule has 0 radical (unpaired) electrons. The van der Waals surface area contributed by atoms with Gasteiger partial charge >= 0.3 is 0 Å². The maximum atomic E-state index is 12.7. The summed E-state index contributed by atoms with van der Waals surface area (Å²) in [5.41, 5.74) is 0.737. The summed E-state index contributed by atoms with van der Waals surface area (Å²) in [5, 5.41) is 0.605. The Kier molecular flexibility index (Phi) is 6.79. The molecule has 0 spiro atoms. The molecule has 6 nitrogen and oxygen atoms in total. The van der Waals surface area contributed by atoms with E-state index in [2.05, 4.69) is 0 Å². The van der Waals surface area contributed by atoms with Crippen molar-refractivity contribution in [2.75, 3.05) is 40.5 Å². The molecule has 2 aromatic carbocycles. The minimum atomic E-state index is -0.131. The minimum absolute atomic E-state index is 0.131. The number of hydrogen-bond acceptors (Lipinski definition) is 5. The summed E-state index contributed by atoms with van der Waals surface area (Å²) in [5.74, 6) is 1.94. The number of carbonyl (C=O) groups excluding carboxylic acids is 1. The van der Waals surface area contributed by atoms with E-state index in [1.807, 2.05) is 12.1 Å². The standard InChI is InChI=1S/C21H22ClNO5/c1-25-18-8-7-17(13-20(18)26-2)28-19(15-3-5-16(22)6-4-15)14-21(24)23-9-11-27-12-10-23/h3-8,13-14H,9-12H2,1-2H3/b19-14+. The van der Waals surface area contributed by atoms with Crippen LogP contribution in [0.2, 0.25) is 5.02 Å². The van der Waals surface area contributed by atoms with E-state index in [-0.39, 0.29) is 5.91 Å². The van der Waals surface area contributed by atoms with Gasteiger partial charge in [-0.1, -0.05) is 11.6 Å². The highest BCUT2D eigenvalue weighted by atomic mass is 35.5. The molecule has 0 aromatic heterocycles. The summed E-state index contributed by atoms with van der Waals surface area (Å²) in [7, 11) is 3.12. The lowest BCUT2D eigenvalue weighted by molar-refractivity contribution is -0.129. The molecule has 1 aliphatic rings. The van der Waals surface area contributed by atoms with Crippen molar-refractivity contribution < 1.29 is 23.7 Å². The van der Waals surface area contributed by atoms with Crippen molar-refractivity contribution in [3.05, 3.63) is 59.1 Å². The van der Waals surface area contributed by atoms with Crippen molar-refractivity contribution >= 4 is 23.3 Å². The zero-order valence-electron chi connectivity index (χ0n) is 15.8. The first-order valence-corrected chi connectivity index (χ1v) is 9.22. The average Bonchev–Trinajstić information content (AvgIpc) is 2.74. The zero-order chi connectivity index (χ0) is 19.9. The van der Waals surface area contributed by atoms with Crippen LogP contribution in [0.1, 0.15) is 5.56 Å². The van der Waals surface area contributed by atoms with Crippen molar-refractivity contribution in [1.29, 1.82) is 0 Å². The normalized spacial score (nSPS) is 14.5. The second kappa shape index (κ2) is 9.48. The van der Waals surface area contributed by atoms with E-state index >= 15 is 0 Å².